The van der Waals surface area contributed by atoms with Crippen molar-refractivity contribution in [1.82, 2.24) is 5.32 Å². The molecule has 2 N–H and O–H groups in total. The second kappa shape index (κ2) is 12.6. The maximum Gasteiger partial charge on any atom is 0.408 e. The van der Waals surface area contributed by atoms with Gasteiger partial charge in [-0.05, 0) is 126 Å². The number of carbonyl (C=O) groups is 3. The van der Waals surface area contributed by atoms with E-state index >= 15 is 0 Å². The minimum atomic E-state index is -1.03. The van der Waals surface area contributed by atoms with Gasteiger partial charge < -0.3 is 24.8 Å². The van der Waals surface area contributed by atoms with Crippen LogP contribution >= 0.6 is 0 Å². The van der Waals surface area contributed by atoms with Crippen LogP contribution in [0.3, 0.4) is 0 Å². The lowest BCUT2D eigenvalue weighted by Gasteiger charge is -2.58. The number of ketones is 1. The van der Waals surface area contributed by atoms with Crippen LogP contribution in [0.25, 0.3) is 0 Å². The van der Waals surface area contributed by atoms with Crippen LogP contribution in [0.5, 0.6) is 0 Å². The largest absolute Gasteiger partial charge is 0.460 e. The highest BCUT2D eigenvalue weighted by Crippen LogP contribution is 2.68. The van der Waals surface area contributed by atoms with E-state index in [1.807, 2.05) is 12.2 Å². The standard InChI is InChI=1S/C37H52N2O6/c1-23(38-34(42)45-35(2,3)4)33(41)44-20-8-18-37(43)19-17-31-29-15-11-25-21-27(40)14-16-28(25)32(29)30(22-36(31,37)5)24-9-12-26(13-10-24)39(6)7/h8-10,12-13,18,21,23,28-32,43H,11,14-17,19-20,22H2,1-7H3,(H,38,42)/b18-8-/t23-,28-,29-,30+,31-,32+,36-,37-/m0/s1. The summed E-state index contributed by atoms with van der Waals surface area (Å²) in [6.07, 6.45) is 10.9. The molecule has 45 heavy (non-hydrogen) atoms. The van der Waals surface area contributed by atoms with E-state index in [4.69, 9.17) is 9.47 Å². The number of anilines is 1. The minimum absolute atomic E-state index is 0.00790. The van der Waals surface area contributed by atoms with Crippen molar-refractivity contribution in [3.05, 3.63) is 53.6 Å². The molecule has 3 saturated carbocycles. The maximum atomic E-state index is 12.6. The van der Waals surface area contributed by atoms with Crippen LogP contribution < -0.4 is 10.2 Å². The number of amides is 1. The van der Waals surface area contributed by atoms with E-state index in [2.05, 4.69) is 55.5 Å². The first kappa shape index (κ1) is 33.2. The number of hydrogen-bond acceptors (Lipinski definition) is 7. The van der Waals surface area contributed by atoms with Crippen molar-refractivity contribution >= 4 is 23.5 Å². The fraction of sp³-hybridized carbons (Fsp3) is 0.649. The molecule has 0 radical (unpaired) electrons. The lowest BCUT2D eigenvalue weighted by molar-refractivity contribution is -0.144. The lowest BCUT2D eigenvalue weighted by Crippen LogP contribution is -2.54. The Morgan fingerprint density at radius 1 is 1.11 bits per heavy atom. The second-order valence-corrected chi connectivity index (χ2v) is 15.3. The molecular formula is C37H52N2O6. The Kier molecular flexibility index (Phi) is 9.29. The van der Waals surface area contributed by atoms with Gasteiger partial charge in [-0.25, -0.2) is 9.59 Å². The zero-order chi connectivity index (χ0) is 32.7. The summed E-state index contributed by atoms with van der Waals surface area (Å²) in [5, 5.41) is 14.8. The van der Waals surface area contributed by atoms with Gasteiger partial charge in [0, 0.05) is 31.6 Å². The number of rotatable bonds is 7. The highest BCUT2D eigenvalue weighted by Gasteiger charge is 2.64. The van der Waals surface area contributed by atoms with Crippen molar-refractivity contribution in [2.75, 3.05) is 25.6 Å². The van der Waals surface area contributed by atoms with Gasteiger partial charge in [0.05, 0.1) is 5.60 Å². The molecule has 0 heterocycles. The molecule has 8 heteroatoms. The molecule has 5 rings (SSSR count). The quantitative estimate of drug-likeness (QED) is 0.271. The van der Waals surface area contributed by atoms with Crippen LogP contribution in [0.4, 0.5) is 10.5 Å². The van der Waals surface area contributed by atoms with E-state index in [1.165, 1.54) is 11.1 Å². The molecule has 0 bridgehead atoms. The number of fused-ring (bicyclic) bond motifs is 5. The molecule has 0 unspecified atom stereocenters. The van der Waals surface area contributed by atoms with Crippen LogP contribution in [-0.4, -0.2) is 60.9 Å². The van der Waals surface area contributed by atoms with Gasteiger partial charge in [0.15, 0.2) is 5.78 Å². The van der Waals surface area contributed by atoms with Crippen LogP contribution in [-0.2, 0) is 19.1 Å². The minimum Gasteiger partial charge on any atom is -0.460 e. The monoisotopic (exact) mass is 620 g/mol. The normalized spacial score (nSPS) is 33.4. The van der Waals surface area contributed by atoms with Gasteiger partial charge >= 0.3 is 12.1 Å². The van der Waals surface area contributed by atoms with E-state index in [0.717, 1.165) is 37.8 Å². The summed E-state index contributed by atoms with van der Waals surface area (Å²) in [6.45, 7) is 9.11. The molecule has 246 valence electrons. The van der Waals surface area contributed by atoms with Crippen molar-refractivity contribution in [3.63, 3.8) is 0 Å². The molecule has 0 aliphatic heterocycles. The van der Waals surface area contributed by atoms with Crippen LogP contribution in [0, 0.1) is 29.1 Å². The Morgan fingerprint density at radius 2 is 1.82 bits per heavy atom. The van der Waals surface area contributed by atoms with Crippen molar-refractivity contribution in [3.8, 4) is 0 Å². The number of hydrogen-bond donors (Lipinski definition) is 2. The number of carbonyl (C=O) groups excluding carboxylic acids is 3. The first-order valence-corrected chi connectivity index (χ1v) is 16.7. The Morgan fingerprint density at radius 3 is 2.49 bits per heavy atom. The van der Waals surface area contributed by atoms with E-state index in [1.54, 1.807) is 33.8 Å². The smallest absolute Gasteiger partial charge is 0.408 e. The van der Waals surface area contributed by atoms with Crippen LogP contribution in [0.2, 0.25) is 0 Å². The van der Waals surface area contributed by atoms with Crippen molar-refractivity contribution in [2.24, 2.45) is 29.1 Å². The number of benzene rings is 1. The molecule has 0 saturated heterocycles. The molecule has 0 spiro atoms. The summed E-state index contributed by atoms with van der Waals surface area (Å²) in [4.78, 5) is 39.1. The van der Waals surface area contributed by atoms with E-state index in [9.17, 15) is 19.5 Å². The molecule has 1 aromatic carbocycles. The summed E-state index contributed by atoms with van der Waals surface area (Å²) < 4.78 is 10.7. The highest BCUT2D eigenvalue weighted by atomic mass is 16.6. The summed E-state index contributed by atoms with van der Waals surface area (Å²) in [5.41, 5.74) is 1.77. The van der Waals surface area contributed by atoms with Gasteiger partial charge in [-0.15, -0.1) is 0 Å². The molecular weight excluding hydrogens is 568 g/mol. The third-order valence-corrected chi connectivity index (χ3v) is 11.2. The predicted molar refractivity (Wildman–Crippen MR) is 175 cm³/mol. The number of ether oxygens (including phenoxy) is 2. The first-order chi connectivity index (χ1) is 21.1. The number of nitrogens with zero attached hydrogens (tertiary/aromatic N) is 1. The number of allylic oxidation sites excluding steroid dienone is 1. The number of nitrogens with one attached hydrogen (secondary N) is 1. The molecule has 4 aliphatic carbocycles. The number of aliphatic hydroxyl groups is 1. The summed E-state index contributed by atoms with van der Waals surface area (Å²) in [6, 6.07) is 8.05. The molecule has 8 atom stereocenters. The second-order valence-electron chi connectivity index (χ2n) is 15.3. The Balaban J connectivity index is 1.34. The van der Waals surface area contributed by atoms with Gasteiger partial charge in [-0.2, -0.15) is 0 Å². The third-order valence-electron chi connectivity index (χ3n) is 11.2. The van der Waals surface area contributed by atoms with Crippen molar-refractivity contribution < 1.29 is 29.0 Å². The van der Waals surface area contributed by atoms with Crippen molar-refractivity contribution in [1.29, 1.82) is 0 Å². The van der Waals surface area contributed by atoms with Gasteiger partial charge in [-0.1, -0.05) is 30.7 Å². The van der Waals surface area contributed by atoms with E-state index in [0.29, 0.717) is 36.5 Å². The molecule has 1 amide bonds. The number of alkyl carbamates (subject to hydrolysis) is 1. The van der Waals surface area contributed by atoms with Crippen molar-refractivity contribution in [2.45, 2.75) is 103 Å². The third kappa shape index (κ3) is 6.72. The summed E-state index contributed by atoms with van der Waals surface area (Å²) in [7, 11) is 4.10. The predicted octanol–water partition coefficient (Wildman–Crippen LogP) is 6.33. The van der Waals surface area contributed by atoms with Gasteiger partial charge in [-0.3, -0.25) is 4.79 Å². The zero-order valence-electron chi connectivity index (χ0n) is 28.1. The average Bonchev–Trinajstić information content (AvgIpc) is 3.23. The average molecular weight is 621 g/mol. The summed E-state index contributed by atoms with van der Waals surface area (Å²) >= 11 is 0. The molecule has 0 aromatic heterocycles. The summed E-state index contributed by atoms with van der Waals surface area (Å²) in [5.74, 6) is 1.68. The molecule has 4 aliphatic rings. The Bertz CT molecular complexity index is 1340. The first-order valence-electron chi connectivity index (χ1n) is 16.7. The SMILES string of the molecule is C[C@H](NC(=O)OC(C)(C)C)C(=O)OC/C=C\[C@]1(O)CC[C@H]2[C@@H]3CCC4=CC(=O)CC[C@@H]4[C@H]3[C@@H](c3ccc(N(C)C)cc3)C[C@@]21C. The Hall–Kier alpha value is -3.13. The van der Waals surface area contributed by atoms with Gasteiger partial charge in [0.2, 0.25) is 0 Å². The van der Waals surface area contributed by atoms with Crippen LogP contribution in [0.15, 0.2) is 48.1 Å². The topological polar surface area (TPSA) is 105 Å². The fourth-order valence-electron chi connectivity index (χ4n) is 9.02. The van der Waals surface area contributed by atoms with E-state index < -0.39 is 29.3 Å². The lowest BCUT2D eigenvalue weighted by atomic mass is 9.46. The van der Waals surface area contributed by atoms with Gasteiger partial charge in [0.25, 0.3) is 0 Å². The van der Waals surface area contributed by atoms with Crippen LogP contribution in [0.1, 0.15) is 91.0 Å². The fourth-order valence-corrected chi connectivity index (χ4v) is 9.02. The molecule has 1 aromatic rings. The molecule has 8 nitrogen and oxygen atoms in total. The molecule has 3 fully saturated rings. The number of esters is 1. The van der Waals surface area contributed by atoms with E-state index in [-0.39, 0.29) is 23.7 Å². The highest BCUT2D eigenvalue weighted by molar-refractivity contribution is 5.91. The Labute approximate surface area is 268 Å². The maximum absolute atomic E-state index is 12.6. The zero-order valence-corrected chi connectivity index (χ0v) is 28.1. The van der Waals surface area contributed by atoms with Gasteiger partial charge in [0.1, 0.15) is 18.2 Å².